The Balaban J connectivity index is 2.63. The first kappa shape index (κ1) is 13.9. The highest BCUT2D eigenvalue weighted by molar-refractivity contribution is 5.39. The van der Waals surface area contributed by atoms with Gasteiger partial charge in [0.15, 0.2) is 0 Å². The minimum absolute atomic E-state index is 0.449. The Morgan fingerprint density at radius 1 is 1.41 bits per heavy atom. The SMILES string of the molecule is Cc1cnc(C)c(NCC(C)(O)CN(C)C)n1. The van der Waals surface area contributed by atoms with Crippen LogP contribution in [0.5, 0.6) is 0 Å². The molecule has 0 amide bonds. The van der Waals surface area contributed by atoms with Crippen molar-refractivity contribution < 1.29 is 5.11 Å². The molecule has 0 radical (unpaired) electrons. The molecule has 96 valence electrons. The van der Waals surface area contributed by atoms with Gasteiger partial charge < -0.3 is 15.3 Å². The molecule has 0 aliphatic rings. The van der Waals surface area contributed by atoms with Crippen LogP contribution < -0.4 is 5.32 Å². The third-order valence-corrected chi connectivity index (χ3v) is 2.37. The van der Waals surface area contributed by atoms with E-state index in [1.165, 1.54) is 0 Å². The number of nitrogens with zero attached hydrogens (tertiary/aromatic N) is 3. The molecular weight excluding hydrogens is 216 g/mol. The Bertz CT molecular complexity index is 377. The van der Waals surface area contributed by atoms with Crippen molar-refractivity contribution in [1.29, 1.82) is 0 Å². The van der Waals surface area contributed by atoms with Gasteiger partial charge in [0.1, 0.15) is 5.82 Å². The van der Waals surface area contributed by atoms with Gasteiger partial charge in [-0.15, -0.1) is 0 Å². The summed E-state index contributed by atoms with van der Waals surface area (Å²) in [6.07, 6.45) is 1.73. The van der Waals surface area contributed by atoms with E-state index in [0.29, 0.717) is 13.1 Å². The molecule has 1 aromatic heterocycles. The highest BCUT2D eigenvalue weighted by atomic mass is 16.3. The van der Waals surface area contributed by atoms with Crippen LogP contribution in [-0.2, 0) is 0 Å². The molecule has 1 atom stereocenters. The van der Waals surface area contributed by atoms with E-state index in [9.17, 15) is 5.11 Å². The van der Waals surface area contributed by atoms with Gasteiger partial charge in [0.25, 0.3) is 0 Å². The highest BCUT2D eigenvalue weighted by Gasteiger charge is 2.21. The standard InChI is InChI=1S/C12H22N4O/c1-9-6-13-10(2)11(15-9)14-7-12(3,17)8-16(4)5/h6,17H,7-8H2,1-5H3,(H,14,15). The summed E-state index contributed by atoms with van der Waals surface area (Å²) in [5.41, 5.74) is 0.920. The largest absolute Gasteiger partial charge is 0.387 e. The lowest BCUT2D eigenvalue weighted by Crippen LogP contribution is -2.43. The topological polar surface area (TPSA) is 61.3 Å². The zero-order valence-electron chi connectivity index (χ0n) is 11.3. The molecule has 0 aromatic carbocycles. The zero-order chi connectivity index (χ0) is 13.1. The number of aliphatic hydroxyl groups is 1. The molecule has 0 aliphatic carbocycles. The molecule has 1 unspecified atom stereocenters. The number of rotatable bonds is 5. The average molecular weight is 238 g/mol. The number of hydrogen-bond donors (Lipinski definition) is 2. The third kappa shape index (κ3) is 4.66. The maximum Gasteiger partial charge on any atom is 0.147 e. The van der Waals surface area contributed by atoms with Crippen LogP contribution in [0.3, 0.4) is 0 Å². The molecule has 1 aromatic rings. The fourth-order valence-corrected chi connectivity index (χ4v) is 1.72. The number of anilines is 1. The van der Waals surface area contributed by atoms with Crippen molar-refractivity contribution in [2.45, 2.75) is 26.4 Å². The summed E-state index contributed by atoms with van der Waals surface area (Å²) in [6.45, 7) is 6.64. The summed E-state index contributed by atoms with van der Waals surface area (Å²) in [4.78, 5) is 10.5. The Labute approximate surface area is 103 Å². The van der Waals surface area contributed by atoms with E-state index >= 15 is 0 Å². The lowest BCUT2D eigenvalue weighted by molar-refractivity contribution is 0.0459. The Hall–Kier alpha value is -1.20. The average Bonchev–Trinajstić information content (AvgIpc) is 2.17. The second-order valence-electron chi connectivity index (χ2n) is 5.03. The van der Waals surface area contributed by atoms with Gasteiger partial charge in [-0.2, -0.15) is 0 Å². The third-order valence-electron chi connectivity index (χ3n) is 2.37. The molecule has 0 saturated carbocycles. The summed E-state index contributed by atoms with van der Waals surface area (Å²) < 4.78 is 0. The Kier molecular flexibility index (Phi) is 4.42. The van der Waals surface area contributed by atoms with E-state index in [1.54, 1.807) is 13.1 Å². The van der Waals surface area contributed by atoms with Crippen molar-refractivity contribution in [3.63, 3.8) is 0 Å². The van der Waals surface area contributed by atoms with Crippen molar-refractivity contribution in [2.24, 2.45) is 0 Å². The summed E-state index contributed by atoms with van der Waals surface area (Å²) in [7, 11) is 3.87. The molecule has 0 spiro atoms. The van der Waals surface area contributed by atoms with Gasteiger partial charge >= 0.3 is 0 Å². The Morgan fingerprint density at radius 2 is 2.06 bits per heavy atom. The quantitative estimate of drug-likeness (QED) is 0.795. The summed E-state index contributed by atoms with van der Waals surface area (Å²) in [5, 5.41) is 13.3. The zero-order valence-corrected chi connectivity index (χ0v) is 11.3. The van der Waals surface area contributed by atoms with Gasteiger partial charge in [0.05, 0.1) is 17.0 Å². The van der Waals surface area contributed by atoms with E-state index in [4.69, 9.17) is 0 Å². The molecule has 0 aliphatic heterocycles. The van der Waals surface area contributed by atoms with Crippen molar-refractivity contribution in [3.8, 4) is 0 Å². The van der Waals surface area contributed by atoms with E-state index in [0.717, 1.165) is 17.2 Å². The van der Waals surface area contributed by atoms with Crippen LogP contribution in [-0.4, -0.2) is 52.8 Å². The van der Waals surface area contributed by atoms with Gasteiger partial charge in [-0.1, -0.05) is 0 Å². The van der Waals surface area contributed by atoms with Crippen LogP contribution in [0.15, 0.2) is 6.20 Å². The van der Waals surface area contributed by atoms with Crippen LogP contribution >= 0.6 is 0 Å². The van der Waals surface area contributed by atoms with Crippen molar-refractivity contribution in [3.05, 3.63) is 17.6 Å². The minimum Gasteiger partial charge on any atom is -0.387 e. The first-order valence-corrected chi connectivity index (χ1v) is 5.71. The molecule has 17 heavy (non-hydrogen) atoms. The normalized spacial score (nSPS) is 14.8. The van der Waals surface area contributed by atoms with E-state index < -0.39 is 5.60 Å². The second-order valence-corrected chi connectivity index (χ2v) is 5.03. The summed E-state index contributed by atoms with van der Waals surface area (Å²) in [5.74, 6) is 0.740. The van der Waals surface area contributed by atoms with Gasteiger partial charge in [-0.3, -0.25) is 4.98 Å². The number of hydrogen-bond acceptors (Lipinski definition) is 5. The monoisotopic (exact) mass is 238 g/mol. The summed E-state index contributed by atoms with van der Waals surface area (Å²) in [6, 6.07) is 0. The molecular formula is C12H22N4O. The van der Waals surface area contributed by atoms with Crippen LogP contribution in [0.1, 0.15) is 18.3 Å². The van der Waals surface area contributed by atoms with Gasteiger partial charge in [0, 0.05) is 19.3 Å². The molecule has 1 heterocycles. The van der Waals surface area contributed by atoms with E-state index in [1.807, 2.05) is 32.8 Å². The van der Waals surface area contributed by atoms with E-state index in [2.05, 4.69) is 15.3 Å². The predicted molar refractivity (Wildman–Crippen MR) is 69.2 cm³/mol. The van der Waals surface area contributed by atoms with Gasteiger partial charge in [0.2, 0.25) is 0 Å². The first-order chi connectivity index (χ1) is 7.80. The fourth-order valence-electron chi connectivity index (χ4n) is 1.72. The Morgan fingerprint density at radius 3 is 2.65 bits per heavy atom. The van der Waals surface area contributed by atoms with Gasteiger partial charge in [-0.05, 0) is 34.9 Å². The maximum absolute atomic E-state index is 10.2. The van der Waals surface area contributed by atoms with Crippen LogP contribution in [0, 0.1) is 13.8 Å². The molecule has 2 N–H and O–H groups in total. The molecule has 0 bridgehead atoms. The van der Waals surface area contributed by atoms with Crippen LogP contribution in [0.2, 0.25) is 0 Å². The summed E-state index contributed by atoms with van der Waals surface area (Å²) >= 11 is 0. The van der Waals surface area contributed by atoms with Crippen molar-refractivity contribution in [1.82, 2.24) is 14.9 Å². The molecule has 1 rings (SSSR count). The molecule has 5 nitrogen and oxygen atoms in total. The fraction of sp³-hybridized carbons (Fsp3) is 0.667. The number of nitrogens with one attached hydrogen (secondary N) is 1. The molecule has 0 saturated heterocycles. The molecule has 5 heteroatoms. The number of aromatic nitrogens is 2. The molecule has 0 fully saturated rings. The van der Waals surface area contributed by atoms with Gasteiger partial charge in [-0.25, -0.2) is 4.98 Å². The van der Waals surface area contributed by atoms with Crippen molar-refractivity contribution >= 4 is 5.82 Å². The smallest absolute Gasteiger partial charge is 0.147 e. The maximum atomic E-state index is 10.2. The predicted octanol–water partition coefficient (Wildman–Crippen LogP) is 0.818. The highest BCUT2D eigenvalue weighted by Crippen LogP contribution is 2.11. The lowest BCUT2D eigenvalue weighted by Gasteiger charge is -2.27. The van der Waals surface area contributed by atoms with E-state index in [-0.39, 0.29) is 0 Å². The minimum atomic E-state index is -0.790. The van der Waals surface area contributed by atoms with Crippen LogP contribution in [0.4, 0.5) is 5.82 Å². The number of likely N-dealkylation sites (N-methyl/N-ethyl adjacent to an activating group) is 1. The number of aryl methyl sites for hydroxylation is 2. The van der Waals surface area contributed by atoms with Crippen LogP contribution in [0.25, 0.3) is 0 Å². The first-order valence-electron chi connectivity index (χ1n) is 5.71. The lowest BCUT2D eigenvalue weighted by atomic mass is 10.1. The second kappa shape index (κ2) is 5.42. The van der Waals surface area contributed by atoms with Crippen molar-refractivity contribution in [2.75, 3.05) is 32.5 Å².